The molecule has 6 aromatic rings. The van der Waals surface area contributed by atoms with Crippen molar-refractivity contribution in [3.8, 4) is 20.9 Å². The largest absolute Gasteiger partial charge is 0.462 e. The van der Waals surface area contributed by atoms with Crippen molar-refractivity contribution >= 4 is 112 Å². The fraction of sp³-hybridized carbons (Fsp3) is 0.467. The van der Waals surface area contributed by atoms with Crippen LogP contribution in [0.4, 0.5) is 0 Å². The van der Waals surface area contributed by atoms with Gasteiger partial charge in [-0.25, -0.2) is 4.79 Å². The van der Waals surface area contributed by atoms with Gasteiger partial charge in [0, 0.05) is 14.3 Å². The Hall–Kier alpha value is -2.41. The average molecular weight is 831 g/mol. The third-order valence-electron chi connectivity index (χ3n) is 12.5. The molecular weight excluding hydrogens is 773 g/mol. The number of carbonyl (C=O) groups is 2. The van der Waals surface area contributed by atoms with Gasteiger partial charge in [-0.1, -0.05) is 107 Å². The first kappa shape index (κ1) is 41.2. The van der Waals surface area contributed by atoms with Crippen molar-refractivity contribution in [2.24, 2.45) is 0 Å². The Bertz CT molecular complexity index is 2300. The van der Waals surface area contributed by atoms with Crippen molar-refractivity contribution in [3.05, 3.63) is 59.7 Å². The third kappa shape index (κ3) is 6.46. The lowest BCUT2D eigenvalue weighted by Crippen LogP contribution is -2.54. The highest BCUT2D eigenvalue weighted by atomic mass is 32.1. The van der Waals surface area contributed by atoms with Crippen molar-refractivity contribution in [2.45, 2.75) is 130 Å². The second-order valence-electron chi connectivity index (χ2n) is 17.1. The lowest BCUT2D eigenvalue weighted by molar-refractivity contribution is 0.0530. The van der Waals surface area contributed by atoms with E-state index in [0.29, 0.717) is 51.0 Å². The number of ketones is 1. The molecule has 54 heavy (non-hydrogen) atoms. The maximum Gasteiger partial charge on any atom is 0.341 e. The smallest absolute Gasteiger partial charge is 0.341 e. The average Bonchev–Trinajstić information content (AvgIpc) is 3.84. The molecule has 0 saturated carbocycles. The normalized spacial score (nSPS) is 13.1. The summed E-state index contributed by atoms with van der Waals surface area (Å²) in [6, 6.07) is 18.3. The summed E-state index contributed by atoms with van der Waals surface area (Å²) in [6.45, 7) is 32.8. The van der Waals surface area contributed by atoms with Crippen LogP contribution in [0.25, 0.3) is 50.5 Å². The van der Waals surface area contributed by atoms with E-state index in [-0.39, 0.29) is 11.8 Å². The van der Waals surface area contributed by atoms with E-state index in [9.17, 15) is 9.59 Å². The highest BCUT2D eigenvalue weighted by molar-refractivity contribution is 7.34. The van der Waals surface area contributed by atoms with Gasteiger partial charge in [-0.15, -0.1) is 45.3 Å². The van der Waals surface area contributed by atoms with Gasteiger partial charge in [0.1, 0.15) is 16.1 Å². The van der Waals surface area contributed by atoms with Crippen LogP contribution in [0.3, 0.4) is 0 Å². The van der Waals surface area contributed by atoms with Crippen molar-refractivity contribution in [2.75, 3.05) is 6.61 Å². The first-order valence-corrected chi connectivity index (χ1v) is 27.5. The van der Waals surface area contributed by atoms with Gasteiger partial charge >= 0.3 is 5.97 Å². The quantitative estimate of drug-likeness (QED) is 0.0661. The molecule has 2 aromatic carbocycles. The highest BCUT2D eigenvalue weighted by Gasteiger charge is 2.46. The Morgan fingerprint density at radius 3 is 1.28 bits per heavy atom. The zero-order valence-corrected chi connectivity index (χ0v) is 39.9. The van der Waals surface area contributed by atoms with Crippen LogP contribution in [-0.4, -0.2) is 34.5 Å². The fourth-order valence-corrected chi connectivity index (χ4v) is 33.7. The van der Waals surface area contributed by atoms with E-state index in [1.54, 1.807) is 38.6 Å². The molecule has 0 saturated heterocycles. The molecule has 0 radical (unpaired) electrons. The molecule has 9 heteroatoms. The summed E-state index contributed by atoms with van der Waals surface area (Å²) in [5.74, 6) is -0.303. The van der Waals surface area contributed by atoms with Crippen LogP contribution in [0.5, 0.6) is 0 Å². The molecule has 0 amide bonds. The summed E-state index contributed by atoms with van der Waals surface area (Å²) in [7, 11) is -3.64. The summed E-state index contributed by atoms with van der Waals surface area (Å²) in [4.78, 5) is 29.4. The predicted octanol–water partition coefficient (Wildman–Crippen LogP) is 14.9. The minimum absolute atomic E-state index is 0.0213. The van der Waals surface area contributed by atoms with Crippen LogP contribution in [0.1, 0.15) is 118 Å². The van der Waals surface area contributed by atoms with Gasteiger partial charge in [-0.2, -0.15) is 0 Å². The van der Waals surface area contributed by atoms with Crippen LogP contribution in [-0.2, 0) is 4.74 Å². The van der Waals surface area contributed by atoms with Crippen molar-refractivity contribution in [3.63, 3.8) is 0 Å². The Morgan fingerprint density at radius 1 is 0.556 bits per heavy atom. The van der Waals surface area contributed by atoms with E-state index < -0.39 is 16.1 Å². The lowest BCUT2D eigenvalue weighted by Gasteiger charge is -2.42. The molecule has 0 aliphatic heterocycles. The lowest BCUT2D eigenvalue weighted by atomic mass is 10.0. The molecule has 0 bridgehead atoms. The van der Waals surface area contributed by atoms with Crippen molar-refractivity contribution in [1.29, 1.82) is 0 Å². The molecule has 0 N–H and O–H groups in total. The summed E-state index contributed by atoms with van der Waals surface area (Å²) in [6.07, 6.45) is 0. The molecule has 4 aromatic heterocycles. The number of fused-ring (bicyclic) bond motifs is 3. The molecule has 0 unspecified atom stereocenters. The Kier molecular flexibility index (Phi) is 11.8. The third-order valence-corrected chi connectivity index (χ3v) is 33.2. The number of rotatable bonds is 13. The van der Waals surface area contributed by atoms with Gasteiger partial charge in [0.05, 0.1) is 32.0 Å². The van der Waals surface area contributed by atoms with Gasteiger partial charge < -0.3 is 4.74 Å². The summed E-state index contributed by atoms with van der Waals surface area (Å²) in [5.41, 5.74) is 7.12. The summed E-state index contributed by atoms with van der Waals surface area (Å²) >= 11 is 7.04. The number of carbonyl (C=O) groups excluding carboxylic acids is 2. The molecule has 4 heterocycles. The van der Waals surface area contributed by atoms with Crippen LogP contribution in [0, 0.1) is 0 Å². The zero-order chi connectivity index (χ0) is 39.6. The maximum absolute atomic E-state index is 13.9. The van der Waals surface area contributed by atoms with Gasteiger partial charge in [-0.05, 0) is 102 Å². The highest BCUT2D eigenvalue weighted by Crippen LogP contribution is 2.51. The van der Waals surface area contributed by atoms with Crippen LogP contribution in [0.2, 0.25) is 33.2 Å². The van der Waals surface area contributed by atoms with E-state index >= 15 is 0 Å². The molecular formula is C45H58O3S4Si2. The molecule has 3 nitrogen and oxygen atoms in total. The Morgan fingerprint density at radius 2 is 0.926 bits per heavy atom. The Balaban J connectivity index is 1.52. The van der Waals surface area contributed by atoms with Crippen molar-refractivity contribution in [1.82, 2.24) is 0 Å². The number of Topliss-reactive ketones (excluding diaryl/α,β-unsaturated/α-hetero) is 1. The number of hydrogen-bond donors (Lipinski definition) is 0. The topological polar surface area (TPSA) is 43.4 Å². The van der Waals surface area contributed by atoms with Crippen molar-refractivity contribution < 1.29 is 14.3 Å². The number of esters is 1. The number of hydrogen-bond acceptors (Lipinski definition) is 7. The zero-order valence-electron chi connectivity index (χ0n) is 34.6. The summed E-state index contributed by atoms with van der Waals surface area (Å²) < 4.78 is 13.1. The first-order valence-electron chi connectivity index (χ1n) is 19.8. The number of ether oxygens (including phenoxy) is 1. The van der Waals surface area contributed by atoms with E-state index in [1.165, 1.54) is 20.2 Å². The second kappa shape index (κ2) is 15.5. The standard InChI is InChI=1S/C45H58O3S4Si2/c1-15-48-45(47)40-42(34-19-17-32-23-38(50-36(32)21-34)54(27(8)9,28(10)11)29(12)13)52-43-39(30(14)46)41(51-44(40)43)33-18-16-31-22-37(49-35(31)20-33)53(24(2)3,25(4)5)26(6)7/h16-29H,15H2,1-14H3. The van der Waals surface area contributed by atoms with E-state index in [2.05, 4.69) is 132 Å². The van der Waals surface area contributed by atoms with Gasteiger partial charge in [0.2, 0.25) is 0 Å². The molecule has 6 rings (SSSR count). The minimum Gasteiger partial charge on any atom is -0.462 e. The van der Waals surface area contributed by atoms with E-state index in [0.717, 1.165) is 30.3 Å². The molecule has 0 spiro atoms. The number of thiophene rings is 4. The van der Waals surface area contributed by atoms with Crippen LogP contribution < -0.4 is 9.00 Å². The minimum atomic E-state index is -1.82. The van der Waals surface area contributed by atoms with E-state index in [4.69, 9.17) is 4.74 Å². The Labute approximate surface area is 341 Å². The van der Waals surface area contributed by atoms with E-state index in [1.807, 2.05) is 29.6 Å². The molecule has 0 aliphatic rings. The second-order valence-corrected chi connectivity index (χ2v) is 33.7. The van der Waals surface area contributed by atoms with Gasteiger partial charge in [0.15, 0.2) is 5.78 Å². The van der Waals surface area contributed by atoms with Gasteiger partial charge in [-0.3, -0.25) is 4.79 Å². The maximum atomic E-state index is 13.9. The predicted molar refractivity (Wildman–Crippen MR) is 249 cm³/mol. The number of benzene rings is 2. The van der Waals surface area contributed by atoms with Crippen LogP contribution in [0.15, 0.2) is 48.5 Å². The molecule has 288 valence electrons. The molecule has 0 atom stereocenters. The van der Waals surface area contributed by atoms with Gasteiger partial charge in [0.25, 0.3) is 0 Å². The summed E-state index contributed by atoms with van der Waals surface area (Å²) in [5, 5.41) is 2.54. The SMILES string of the molecule is CCOC(=O)c1c(-c2ccc3cc([Si](C(C)C)(C(C)C)C(C)C)sc3c2)sc2c(C(C)=O)c(-c3ccc4cc([Si](C(C)C)(C(C)C)C(C)C)sc4c3)sc12. The molecule has 0 aliphatic carbocycles. The van der Waals surface area contributed by atoms with Crippen LogP contribution >= 0.6 is 45.3 Å². The monoisotopic (exact) mass is 830 g/mol. The fourth-order valence-electron chi connectivity index (χ4n) is 10.5. The first-order chi connectivity index (χ1) is 25.4. The molecule has 0 fully saturated rings.